The first kappa shape index (κ1) is 22.2. The number of amides is 1. The van der Waals surface area contributed by atoms with E-state index in [-0.39, 0.29) is 17.5 Å². The third-order valence-corrected chi connectivity index (χ3v) is 5.75. The Balaban J connectivity index is 1.38. The number of nitro benzene ring substituents is 1. The van der Waals surface area contributed by atoms with Gasteiger partial charge >= 0.3 is 0 Å². The van der Waals surface area contributed by atoms with Gasteiger partial charge in [0, 0.05) is 35.0 Å². The van der Waals surface area contributed by atoms with E-state index in [0.29, 0.717) is 46.1 Å². The number of aromatic nitrogens is 2. The highest BCUT2D eigenvalue weighted by Gasteiger charge is 2.27. The summed E-state index contributed by atoms with van der Waals surface area (Å²) in [5, 5.41) is 18.7. The summed E-state index contributed by atoms with van der Waals surface area (Å²) in [7, 11) is 0. The Bertz CT molecular complexity index is 1150. The normalized spacial score (nSPS) is 16.6. The number of carbonyl (C=O) groups excluding carboxylic acids is 1. The molecule has 2 aromatic carbocycles. The van der Waals surface area contributed by atoms with E-state index in [0.717, 1.165) is 19.4 Å². The van der Waals surface area contributed by atoms with Crippen LogP contribution in [0.3, 0.4) is 0 Å². The monoisotopic (exact) mass is 475 g/mol. The number of hydrogen-bond acceptors (Lipinski definition) is 7. The molecular formula is C21H19Cl2N5O4. The number of likely N-dealkylation sites (tertiary alicyclic amines) is 1. The number of piperidine rings is 1. The zero-order valence-electron chi connectivity index (χ0n) is 16.8. The van der Waals surface area contributed by atoms with E-state index in [1.54, 1.807) is 30.3 Å². The van der Waals surface area contributed by atoms with Crippen LogP contribution in [0.1, 0.15) is 18.7 Å². The summed E-state index contributed by atoms with van der Waals surface area (Å²) in [6.45, 7) is 1.71. The number of nitrogens with zero attached hydrogens (tertiary/aromatic N) is 4. The third-order valence-electron chi connectivity index (χ3n) is 5.20. The Morgan fingerprint density at radius 1 is 1.28 bits per heavy atom. The van der Waals surface area contributed by atoms with Crippen molar-refractivity contribution >= 4 is 40.5 Å². The largest absolute Gasteiger partial charge is 0.338 e. The summed E-state index contributed by atoms with van der Waals surface area (Å²) in [6, 6.07) is 11.0. The number of hydrogen-bond donors (Lipinski definition) is 1. The van der Waals surface area contributed by atoms with E-state index in [1.807, 2.05) is 0 Å². The first-order valence-electron chi connectivity index (χ1n) is 9.95. The van der Waals surface area contributed by atoms with Gasteiger partial charge in [0.15, 0.2) is 0 Å². The van der Waals surface area contributed by atoms with Gasteiger partial charge in [0.25, 0.3) is 5.69 Å². The minimum Gasteiger partial charge on any atom is -0.338 e. The van der Waals surface area contributed by atoms with Crippen LogP contribution >= 0.6 is 23.2 Å². The third kappa shape index (κ3) is 5.24. The van der Waals surface area contributed by atoms with Crippen molar-refractivity contribution in [1.29, 1.82) is 0 Å². The molecule has 1 unspecified atom stereocenters. The fourth-order valence-electron chi connectivity index (χ4n) is 3.65. The molecule has 32 heavy (non-hydrogen) atoms. The fourth-order valence-corrected chi connectivity index (χ4v) is 4.14. The average Bonchev–Trinajstić information content (AvgIpc) is 3.22. The molecule has 9 nitrogen and oxygen atoms in total. The van der Waals surface area contributed by atoms with Crippen LogP contribution in [-0.4, -0.2) is 39.0 Å². The van der Waals surface area contributed by atoms with E-state index in [9.17, 15) is 14.9 Å². The van der Waals surface area contributed by atoms with Crippen molar-refractivity contribution < 1.29 is 14.2 Å². The second-order valence-corrected chi connectivity index (χ2v) is 8.35. The summed E-state index contributed by atoms with van der Waals surface area (Å²) in [6.07, 6.45) is 1.56. The molecule has 1 saturated heterocycles. The van der Waals surface area contributed by atoms with Crippen LogP contribution in [0.4, 0.5) is 11.4 Å². The van der Waals surface area contributed by atoms with Crippen LogP contribution in [0.5, 0.6) is 0 Å². The van der Waals surface area contributed by atoms with Crippen LogP contribution in [0.2, 0.25) is 10.0 Å². The predicted molar refractivity (Wildman–Crippen MR) is 119 cm³/mol. The summed E-state index contributed by atoms with van der Waals surface area (Å²) in [4.78, 5) is 29.6. The Morgan fingerprint density at radius 2 is 2.12 bits per heavy atom. The zero-order chi connectivity index (χ0) is 22.7. The molecule has 1 aromatic heterocycles. The highest BCUT2D eigenvalue weighted by Crippen LogP contribution is 2.29. The topological polar surface area (TPSA) is 114 Å². The molecule has 0 bridgehead atoms. The van der Waals surface area contributed by atoms with Gasteiger partial charge in [0.1, 0.15) is 0 Å². The molecule has 1 aliphatic heterocycles. The lowest BCUT2D eigenvalue weighted by atomic mass is 9.97. The molecule has 166 valence electrons. The van der Waals surface area contributed by atoms with Gasteiger partial charge in [-0.25, -0.2) is 0 Å². The highest BCUT2D eigenvalue weighted by atomic mass is 35.5. The molecule has 1 amide bonds. The van der Waals surface area contributed by atoms with Crippen molar-refractivity contribution in [3.05, 3.63) is 68.5 Å². The van der Waals surface area contributed by atoms with Gasteiger partial charge in [0.2, 0.25) is 17.6 Å². The minimum atomic E-state index is -0.492. The van der Waals surface area contributed by atoms with Gasteiger partial charge in [-0.05, 0) is 43.7 Å². The Morgan fingerprint density at radius 3 is 2.91 bits per heavy atom. The lowest BCUT2D eigenvalue weighted by Gasteiger charge is -2.30. The lowest BCUT2D eigenvalue weighted by Crippen LogP contribution is -2.40. The molecule has 11 heteroatoms. The van der Waals surface area contributed by atoms with E-state index in [1.165, 1.54) is 12.1 Å². The maximum atomic E-state index is 12.7. The maximum Gasteiger partial charge on any atom is 0.271 e. The smallest absolute Gasteiger partial charge is 0.271 e. The molecule has 0 aliphatic carbocycles. The van der Waals surface area contributed by atoms with Gasteiger partial charge in [-0.1, -0.05) is 34.4 Å². The van der Waals surface area contributed by atoms with Crippen molar-refractivity contribution in [2.24, 2.45) is 5.92 Å². The summed E-state index contributed by atoms with van der Waals surface area (Å²) >= 11 is 12.1. The second kappa shape index (κ2) is 9.64. The van der Waals surface area contributed by atoms with E-state index < -0.39 is 4.92 Å². The van der Waals surface area contributed by atoms with E-state index in [4.69, 9.17) is 27.7 Å². The number of rotatable bonds is 6. The first-order valence-corrected chi connectivity index (χ1v) is 10.7. The molecule has 1 N–H and O–H groups in total. The summed E-state index contributed by atoms with van der Waals surface area (Å²) in [5.41, 5.74) is 0.961. The summed E-state index contributed by atoms with van der Waals surface area (Å²) < 4.78 is 5.38. The number of benzene rings is 2. The van der Waals surface area contributed by atoms with Crippen LogP contribution in [0, 0.1) is 16.0 Å². The van der Waals surface area contributed by atoms with Crippen molar-refractivity contribution in [3.63, 3.8) is 0 Å². The van der Waals surface area contributed by atoms with Gasteiger partial charge < -0.3 is 9.84 Å². The molecule has 4 rings (SSSR count). The van der Waals surface area contributed by atoms with Crippen molar-refractivity contribution in [2.75, 3.05) is 18.4 Å². The molecular weight excluding hydrogens is 457 g/mol. The fraction of sp³-hybridized carbons (Fsp3) is 0.286. The SMILES string of the molecule is O=C(Nc1cccc([N+](=O)[O-])c1)C1CCCN(Cc2nc(-c3ccc(Cl)cc3Cl)no2)C1. The Labute approximate surface area is 193 Å². The number of nitro groups is 1. The highest BCUT2D eigenvalue weighted by molar-refractivity contribution is 6.36. The second-order valence-electron chi connectivity index (χ2n) is 7.51. The van der Waals surface area contributed by atoms with Crippen LogP contribution < -0.4 is 5.32 Å². The maximum absolute atomic E-state index is 12.7. The van der Waals surface area contributed by atoms with Gasteiger partial charge in [-0.15, -0.1) is 0 Å². The number of anilines is 1. The first-order chi connectivity index (χ1) is 15.4. The summed E-state index contributed by atoms with van der Waals surface area (Å²) in [5.74, 6) is 0.370. The minimum absolute atomic E-state index is 0.0685. The molecule has 3 aromatic rings. The van der Waals surface area contributed by atoms with Gasteiger partial charge in [0.05, 0.1) is 22.4 Å². The number of nitrogens with one attached hydrogen (secondary N) is 1. The van der Waals surface area contributed by atoms with Crippen LogP contribution in [-0.2, 0) is 11.3 Å². The molecule has 1 fully saturated rings. The van der Waals surface area contributed by atoms with E-state index in [2.05, 4.69) is 20.4 Å². The quantitative estimate of drug-likeness (QED) is 0.401. The van der Waals surface area contributed by atoms with Crippen LogP contribution in [0.15, 0.2) is 47.0 Å². The molecule has 0 spiro atoms. The van der Waals surface area contributed by atoms with Gasteiger partial charge in [-0.2, -0.15) is 4.98 Å². The average molecular weight is 476 g/mol. The number of halogens is 2. The predicted octanol–water partition coefficient (Wildman–Crippen LogP) is 4.80. The van der Waals surface area contributed by atoms with Crippen molar-refractivity contribution in [3.8, 4) is 11.4 Å². The molecule has 2 heterocycles. The Hall–Kier alpha value is -3.01. The molecule has 0 saturated carbocycles. The van der Waals surface area contributed by atoms with Crippen LogP contribution in [0.25, 0.3) is 11.4 Å². The number of carbonyl (C=O) groups is 1. The lowest BCUT2D eigenvalue weighted by molar-refractivity contribution is -0.384. The van der Waals surface area contributed by atoms with Gasteiger partial charge in [-0.3, -0.25) is 19.8 Å². The Kier molecular flexibility index (Phi) is 6.69. The number of non-ortho nitro benzene ring substituents is 1. The standard InChI is InChI=1S/C21H19Cl2N5O4/c22-14-6-7-17(18(23)9-14)20-25-19(32-26-20)12-27-8-2-3-13(11-27)21(29)24-15-4-1-5-16(10-15)28(30)31/h1,4-7,9-10,13H,2-3,8,11-12H2,(H,24,29). The molecule has 1 atom stereocenters. The van der Waals surface area contributed by atoms with Crippen molar-refractivity contribution in [2.45, 2.75) is 19.4 Å². The zero-order valence-corrected chi connectivity index (χ0v) is 18.3. The van der Waals surface area contributed by atoms with Crippen molar-refractivity contribution in [1.82, 2.24) is 15.0 Å². The van der Waals surface area contributed by atoms with E-state index >= 15 is 0 Å². The molecule has 0 radical (unpaired) electrons. The molecule has 1 aliphatic rings.